The average molecular weight is 413 g/mol. The number of amides is 2. The van der Waals surface area contributed by atoms with Gasteiger partial charge in [0.1, 0.15) is 5.25 Å². The van der Waals surface area contributed by atoms with Gasteiger partial charge < -0.3 is 10.6 Å². The SMILES string of the molecule is O=C(CC1SC(=NN=CC=Cc2ccccc2)NC1=O)Nc1ccc(Cl)cc1. The standard InChI is InChI=1S/C20H17ClN4O2S/c21-15-8-10-16(11-9-15)23-18(26)13-17-19(27)24-20(28-17)25-22-12-4-7-14-5-2-1-3-6-14/h1-12,17H,13H2,(H,23,26)(H,24,25,27). The van der Waals surface area contributed by atoms with Gasteiger partial charge in [-0.05, 0) is 35.9 Å². The molecule has 3 rings (SSSR count). The topological polar surface area (TPSA) is 82.9 Å². The van der Waals surface area contributed by atoms with Gasteiger partial charge in [0.25, 0.3) is 0 Å². The molecule has 6 nitrogen and oxygen atoms in total. The number of hydrogen-bond donors (Lipinski definition) is 2. The van der Waals surface area contributed by atoms with Crippen LogP contribution in [0.3, 0.4) is 0 Å². The third-order valence-electron chi connectivity index (χ3n) is 3.66. The molecule has 0 aromatic heterocycles. The maximum Gasteiger partial charge on any atom is 0.240 e. The molecule has 1 fully saturated rings. The summed E-state index contributed by atoms with van der Waals surface area (Å²) in [6, 6.07) is 16.6. The number of benzene rings is 2. The molecule has 28 heavy (non-hydrogen) atoms. The summed E-state index contributed by atoms with van der Waals surface area (Å²) in [6.45, 7) is 0. The number of carbonyl (C=O) groups is 2. The number of amidine groups is 1. The fraction of sp³-hybridized carbons (Fsp3) is 0.100. The second-order valence-electron chi connectivity index (χ2n) is 5.79. The zero-order valence-corrected chi connectivity index (χ0v) is 16.3. The van der Waals surface area contributed by atoms with Gasteiger partial charge in [-0.3, -0.25) is 9.59 Å². The number of thioether (sulfide) groups is 1. The summed E-state index contributed by atoms with van der Waals surface area (Å²) in [7, 11) is 0. The molecule has 0 radical (unpaired) electrons. The molecule has 0 bridgehead atoms. The first-order chi connectivity index (χ1) is 13.6. The molecule has 0 aliphatic carbocycles. The maximum atomic E-state index is 12.1. The fourth-order valence-electron chi connectivity index (χ4n) is 2.34. The van der Waals surface area contributed by atoms with E-state index in [0.717, 1.165) is 5.56 Å². The highest BCUT2D eigenvalue weighted by atomic mass is 35.5. The number of nitrogens with zero attached hydrogens (tertiary/aromatic N) is 2. The van der Waals surface area contributed by atoms with E-state index in [1.165, 1.54) is 18.0 Å². The molecule has 1 aliphatic heterocycles. The molecule has 0 saturated carbocycles. The quantitative estimate of drug-likeness (QED) is 0.556. The molecule has 2 aromatic rings. The first kappa shape index (κ1) is 19.9. The summed E-state index contributed by atoms with van der Waals surface area (Å²) in [5, 5.41) is 13.7. The Morgan fingerprint density at radius 1 is 1.18 bits per heavy atom. The third-order valence-corrected chi connectivity index (χ3v) is 4.99. The lowest BCUT2D eigenvalue weighted by atomic mass is 10.2. The number of nitrogens with one attached hydrogen (secondary N) is 2. The van der Waals surface area contributed by atoms with E-state index in [2.05, 4.69) is 20.8 Å². The van der Waals surface area contributed by atoms with E-state index in [1.807, 2.05) is 36.4 Å². The maximum absolute atomic E-state index is 12.1. The molecule has 8 heteroatoms. The van der Waals surface area contributed by atoms with Crippen LogP contribution in [0.2, 0.25) is 5.02 Å². The lowest BCUT2D eigenvalue weighted by Crippen LogP contribution is -2.28. The van der Waals surface area contributed by atoms with Crippen LogP contribution in [0.5, 0.6) is 0 Å². The van der Waals surface area contributed by atoms with Crippen LogP contribution in [0.25, 0.3) is 6.08 Å². The molecule has 2 aromatic carbocycles. The molecular formula is C20H17ClN4O2S. The Labute approximate surface area is 171 Å². The Bertz CT molecular complexity index is 927. The minimum atomic E-state index is -0.541. The Hall–Kier alpha value is -2.90. The van der Waals surface area contributed by atoms with Crippen molar-refractivity contribution < 1.29 is 9.59 Å². The molecule has 2 N–H and O–H groups in total. The van der Waals surface area contributed by atoms with Crippen LogP contribution in [0.1, 0.15) is 12.0 Å². The summed E-state index contributed by atoms with van der Waals surface area (Å²) in [6.07, 6.45) is 5.23. The van der Waals surface area contributed by atoms with Crippen molar-refractivity contribution >= 4 is 58.3 Å². The van der Waals surface area contributed by atoms with E-state index >= 15 is 0 Å². The molecule has 1 saturated heterocycles. The molecule has 0 spiro atoms. The lowest BCUT2D eigenvalue weighted by Gasteiger charge is -2.07. The van der Waals surface area contributed by atoms with Gasteiger partial charge in [-0.15, -0.1) is 5.10 Å². The molecule has 1 aliphatic rings. The summed E-state index contributed by atoms with van der Waals surface area (Å²) >= 11 is 7.00. The number of halogens is 1. The van der Waals surface area contributed by atoms with Crippen LogP contribution in [0.4, 0.5) is 5.69 Å². The molecular weight excluding hydrogens is 396 g/mol. The van der Waals surface area contributed by atoms with Gasteiger partial charge in [0.05, 0.1) is 0 Å². The van der Waals surface area contributed by atoms with Gasteiger partial charge in [0.15, 0.2) is 5.17 Å². The van der Waals surface area contributed by atoms with E-state index < -0.39 is 5.25 Å². The summed E-state index contributed by atoms with van der Waals surface area (Å²) < 4.78 is 0. The van der Waals surface area contributed by atoms with Gasteiger partial charge in [0.2, 0.25) is 11.8 Å². The molecule has 2 amide bonds. The highest BCUT2D eigenvalue weighted by Crippen LogP contribution is 2.23. The van der Waals surface area contributed by atoms with Gasteiger partial charge in [-0.1, -0.05) is 59.8 Å². The van der Waals surface area contributed by atoms with Gasteiger partial charge in [-0.25, -0.2) is 0 Å². The number of hydrogen-bond acceptors (Lipinski definition) is 5. The average Bonchev–Trinajstić information content (AvgIpc) is 3.03. The van der Waals surface area contributed by atoms with Crippen molar-refractivity contribution in [1.82, 2.24) is 5.32 Å². The van der Waals surface area contributed by atoms with Crippen molar-refractivity contribution in [2.24, 2.45) is 10.2 Å². The highest BCUT2D eigenvalue weighted by molar-refractivity contribution is 8.15. The monoisotopic (exact) mass is 412 g/mol. The van der Waals surface area contributed by atoms with E-state index in [1.54, 1.807) is 30.3 Å². The molecule has 1 heterocycles. The normalized spacial score (nSPS) is 18.1. The number of carbonyl (C=O) groups excluding carboxylic acids is 2. The van der Waals surface area contributed by atoms with Crippen LogP contribution in [0.15, 0.2) is 70.9 Å². The van der Waals surface area contributed by atoms with Crippen LogP contribution in [-0.4, -0.2) is 28.4 Å². The summed E-state index contributed by atoms with van der Waals surface area (Å²) in [4.78, 5) is 24.1. The van der Waals surface area contributed by atoms with Crippen LogP contribution >= 0.6 is 23.4 Å². The lowest BCUT2D eigenvalue weighted by molar-refractivity contribution is -0.122. The fourth-order valence-corrected chi connectivity index (χ4v) is 3.39. The summed E-state index contributed by atoms with van der Waals surface area (Å²) in [5.41, 5.74) is 1.68. The van der Waals surface area contributed by atoms with Gasteiger partial charge in [0, 0.05) is 23.3 Å². The first-order valence-electron chi connectivity index (χ1n) is 8.46. The number of anilines is 1. The van der Waals surface area contributed by atoms with Crippen molar-refractivity contribution in [3.63, 3.8) is 0 Å². The van der Waals surface area contributed by atoms with Crippen molar-refractivity contribution in [2.45, 2.75) is 11.7 Å². The van der Waals surface area contributed by atoms with E-state index in [9.17, 15) is 9.59 Å². The van der Waals surface area contributed by atoms with E-state index in [-0.39, 0.29) is 18.2 Å². The number of allylic oxidation sites excluding steroid dienone is 1. The Balaban J connectivity index is 1.49. The third kappa shape index (κ3) is 6.07. The second kappa shape index (κ2) is 9.87. The predicted molar refractivity (Wildman–Crippen MR) is 116 cm³/mol. The Morgan fingerprint density at radius 2 is 1.93 bits per heavy atom. The van der Waals surface area contributed by atoms with Crippen LogP contribution in [0, 0.1) is 0 Å². The van der Waals surface area contributed by atoms with E-state index in [4.69, 9.17) is 11.6 Å². The Kier molecular flexibility index (Phi) is 7.00. The molecule has 142 valence electrons. The van der Waals surface area contributed by atoms with Crippen LogP contribution in [-0.2, 0) is 9.59 Å². The van der Waals surface area contributed by atoms with Crippen molar-refractivity contribution in [2.75, 3.05) is 5.32 Å². The first-order valence-corrected chi connectivity index (χ1v) is 9.71. The predicted octanol–water partition coefficient (Wildman–Crippen LogP) is 3.96. The summed E-state index contributed by atoms with van der Waals surface area (Å²) in [5.74, 6) is -0.518. The minimum absolute atomic E-state index is 0.0375. The number of rotatable bonds is 6. The Morgan fingerprint density at radius 3 is 2.68 bits per heavy atom. The zero-order chi connectivity index (χ0) is 19.8. The molecule has 1 unspecified atom stereocenters. The van der Waals surface area contributed by atoms with Crippen molar-refractivity contribution in [1.29, 1.82) is 0 Å². The van der Waals surface area contributed by atoms with Crippen molar-refractivity contribution in [3.8, 4) is 0 Å². The highest BCUT2D eigenvalue weighted by Gasteiger charge is 2.32. The van der Waals surface area contributed by atoms with Crippen LogP contribution < -0.4 is 10.6 Å². The zero-order valence-electron chi connectivity index (χ0n) is 14.7. The molecule has 1 atom stereocenters. The minimum Gasteiger partial charge on any atom is -0.326 e. The van der Waals surface area contributed by atoms with E-state index in [0.29, 0.717) is 15.9 Å². The smallest absolute Gasteiger partial charge is 0.240 e. The van der Waals surface area contributed by atoms with Gasteiger partial charge >= 0.3 is 0 Å². The second-order valence-corrected chi connectivity index (χ2v) is 7.42. The van der Waals surface area contributed by atoms with Gasteiger partial charge in [-0.2, -0.15) is 5.10 Å². The van der Waals surface area contributed by atoms with Crippen molar-refractivity contribution in [3.05, 3.63) is 71.3 Å². The largest absolute Gasteiger partial charge is 0.326 e.